The minimum Gasteiger partial charge on any atom is -0.343 e. The lowest BCUT2D eigenvalue weighted by Gasteiger charge is -2.31. The van der Waals surface area contributed by atoms with Crippen LogP contribution in [0.4, 0.5) is 13.2 Å². The Morgan fingerprint density at radius 1 is 1.20 bits per heavy atom. The van der Waals surface area contributed by atoms with E-state index < -0.39 is 18.6 Å². The first-order valence-corrected chi connectivity index (χ1v) is 10.7. The number of aromatic amines is 1. The molecule has 0 unspecified atom stereocenters. The second-order valence-electron chi connectivity index (χ2n) is 7.07. The number of nitrogens with zero attached hydrogens (tertiary/aromatic N) is 2. The first-order chi connectivity index (χ1) is 14.3. The quantitative estimate of drug-likeness (QED) is 0.645. The maximum Gasteiger partial charge on any atom is 0.405 e. The third-order valence-corrected chi connectivity index (χ3v) is 5.91. The first kappa shape index (κ1) is 22.2. The van der Waals surface area contributed by atoms with Gasteiger partial charge in [0.05, 0.1) is 0 Å². The van der Waals surface area contributed by atoms with Crippen LogP contribution in [0.25, 0.3) is 0 Å². The van der Waals surface area contributed by atoms with E-state index in [1.54, 1.807) is 11.8 Å². The van der Waals surface area contributed by atoms with E-state index in [1.807, 2.05) is 40.5 Å². The average molecular weight is 440 g/mol. The Labute approximate surface area is 176 Å². The number of halogens is 3. The second kappa shape index (κ2) is 10.0. The Kier molecular flexibility index (Phi) is 7.41. The lowest BCUT2D eigenvalue weighted by atomic mass is 9.93. The zero-order chi connectivity index (χ0) is 21.6. The molecule has 0 aliphatic carbocycles. The molecule has 0 spiro atoms. The van der Waals surface area contributed by atoms with Crippen LogP contribution < -0.4 is 5.32 Å². The smallest absolute Gasteiger partial charge is 0.343 e. The topological polar surface area (TPSA) is 78.1 Å². The van der Waals surface area contributed by atoms with Gasteiger partial charge in [-0.25, -0.2) is 0 Å². The highest BCUT2D eigenvalue weighted by molar-refractivity contribution is 7.99. The van der Waals surface area contributed by atoms with Crippen molar-refractivity contribution in [2.24, 2.45) is 0 Å². The molecule has 1 aliphatic rings. The summed E-state index contributed by atoms with van der Waals surface area (Å²) in [5.41, 5.74) is 0.643. The zero-order valence-electron chi connectivity index (χ0n) is 16.2. The monoisotopic (exact) mass is 440 g/mol. The third-order valence-electron chi connectivity index (χ3n) is 4.90. The fourth-order valence-electron chi connectivity index (χ4n) is 3.30. The van der Waals surface area contributed by atoms with Crippen molar-refractivity contribution in [3.63, 3.8) is 0 Å². The van der Waals surface area contributed by atoms with Crippen LogP contribution in [0.15, 0.2) is 41.3 Å². The van der Waals surface area contributed by atoms with E-state index in [2.05, 4.69) is 10.2 Å². The lowest BCUT2D eigenvalue weighted by molar-refractivity contribution is -0.131. The zero-order valence-corrected chi connectivity index (χ0v) is 17.1. The molecule has 1 aliphatic heterocycles. The molecule has 1 saturated heterocycles. The summed E-state index contributed by atoms with van der Waals surface area (Å²) in [6, 6.07) is 11.4. The first-order valence-electron chi connectivity index (χ1n) is 9.68. The molecule has 1 aromatic heterocycles. The van der Waals surface area contributed by atoms with Crippen LogP contribution in [0, 0.1) is 0 Å². The van der Waals surface area contributed by atoms with E-state index >= 15 is 0 Å². The summed E-state index contributed by atoms with van der Waals surface area (Å²) in [5.74, 6) is 0.0659. The number of likely N-dealkylation sites (tertiary alicyclic amines) is 1. The minimum absolute atomic E-state index is 0.0642. The van der Waals surface area contributed by atoms with Crippen molar-refractivity contribution in [2.75, 3.05) is 25.4 Å². The third kappa shape index (κ3) is 6.51. The maximum atomic E-state index is 12.4. The number of rotatable bonds is 7. The van der Waals surface area contributed by atoms with Crippen LogP contribution in [0.1, 0.15) is 41.4 Å². The van der Waals surface area contributed by atoms with Gasteiger partial charge in [-0.05, 0) is 31.0 Å². The van der Waals surface area contributed by atoms with E-state index in [9.17, 15) is 22.8 Å². The molecule has 0 radical (unpaired) electrons. The van der Waals surface area contributed by atoms with Gasteiger partial charge in [0.25, 0.3) is 5.91 Å². The van der Waals surface area contributed by atoms with Gasteiger partial charge in [-0.1, -0.05) is 18.2 Å². The van der Waals surface area contributed by atoms with Crippen LogP contribution in [-0.2, 0) is 4.79 Å². The molecule has 0 bridgehead atoms. The van der Waals surface area contributed by atoms with Gasteiger partial charge in [0.15, 0.2) is 0 Å². The average Bonchev–Trinajstić information content (AvgIpc) is 3.23. The molecule has 30 heavy (non-hydrogen) atoms. The van der Waals surface area contributed by atoms with Crippen molar-refractivity contribution in [1.29, 1.82) is 0 Å². The number of carbonyl (C=O) groups excluding carboxylic acids is 2. The van der Waals surface area contributed by atoms with Gasteiger partial charge in [0.2, 0.25) is 5.91 Å². The molecular formula is C20H23F3N4O2S. The molecule has 10 heteroatoms. The molecule has 1 fully saturated rings. The SMILES string of the molecule is O=C(NCC(F)(F)F)c1cc(C2CCN(C(=O)CCSc3ccccc3)CC2)[nH]n1. The summed E-state index contributed by atoms with van der Waals surface area (Å²) < 4.78 is 36.7. The Morgan fingerprint density at radius 3 is 2.57 bits per heavy atom. The fourth-order valence-corrected chi connectivity index (χ4v) is 4.17. The molecule has 0 atom stereocenters. The lowest BCUT2D eigenvalue weighted by Crippen LogP contribution is -2.38. The van der Waals surface area contributed by atoms with Crippen LogP contribution in [0.2, 0.25) is 0 Å². The number of aromatic nitrogens is 2. The molecule has 2 amide bonds. The standard InChI is InChI=1S/C20H23F3N4O2S/c21-20(22,23)13-24-19(29)17-12-16(25-26-17)14-6-9-27(10-7-14)18(28)8-11-30-15-4-2-1-3-5-15/h1-5,12,14H,6-11,13H2,(H,24,29)(H,25,26). The highest BCUT2D eigenvalue weighted by Gasteiger charge is 2.29. The number of H-pyrrole nitrogens is 1. The molecule has 2 heterocycles. The number of alkyl halides is 3. The number of hydrogen-bond donors (Lipinski definition) is 2. The van der Waals surface area contributed by atoms with Crippen LogP contribution in [0.5, 0.6) is 0 Å². The number of nitrogens with one attached hydrogen (secondary N) is 2. The van der Waals surface area contributed by atoms with E-state index in [0.717, 1.165) is 10.6 Å². The summed E-state index contributed by atoms with van der Waals surface area (Å²) in [4.78, 5) is 27.2. The molecule has 0 saturated carbocycles. The highest BCUT2D eigenvalue weighted by atomic mass is 32.2. The van der Waals surface area contributed by atoms with Crippen LogP contribution >= 0.6 is 11.8 Å². The van der Waals surface area contributed by atoms with Gasteiger partial charge in [0, 0.05) is 41.8 Å². The molecular weight excluding hydrogens is 417 g/mol. The van der Waals surface area contributed by atoms with Crippen molar-refractivity contribution in [3.8, 4) is 0 Å². The van der Waals surface area contributed by atoms with Crippen molar-refractivity contribution in [3.05, 3.63) is 47.8 Å². The molecule has 2 N–H and O–H groups in total. The number of piperidine rings is 1. The van der Waals surface area contributed by atoms with Gasteiger partial charge < -0.3 is 10.2 Å². The molecule has 1 aromatic carbocycles. The highest BCUT2D eigenvalue weighted by Crippen LogP contribution is 2.28. The summed E-state index contributed by atoms with van der Waals surface area (Å²) in [7, 11) is 0. The Hall–Kier alpha value is -2.49. The number of carbonyl (C=O) groups is 2. The Balaban J connectivity index is 1.42. The minimum atomic E-state index is -4.46. The summed E-state index contributed by atoms with van der Waals surface area (Å²) in [6.45, 7) is -0.181. The van der Waals surface area contributed by atoms with Gasteiger partial charge in [0.1, 0.15) is 12.2 Å². The van der Waals surface area contributed by atoms with Crippen molar-refractivity contribution >= 4 is 23.6 Å². The van der Waals surface area contributed by atoms with Gasteiger partial charge in [-0.3, -0.25) is 14.7 Å². The Morgan fingerprint density at radius 2 is 1.90 bits per heavy atom. The second-order valence-corrected chi connectivity index (χ2v) is 8.24. The summed E-state index contributed by atoms with van der Waals surface area (Å²) in [5, 5.41) is 8.39. The van der Waals surface area contributed by atoms with E-state index in [-0.39, 0.29) is 17.5 Å². The molecule has 162 valence electrons. The van der Waals surface area contributed by atoms with Crippen molar-refractivity contribution in [2.45, 2.75) is 36.3 Å². The maximum absolute atomic E-state index is 12.4. The van der Waals surface area contributed by atoms with Crippen LogP contribution in [0.3, 0.4) is 0 Å². The largest absolute Gasteiger partial charge is 0.405 e. The van der Waals surface area contributed by atoms with Crippen molar-refractivity contribution < 1.29 is 22.8 Å². The number of thioether (sulfide) groups is 1. The number of amides is 2. The number of hydrogen-bond acceptors (Lipinski definition) is 4. The van der Waals surface area contributed by atoms with Gasteiger partial charge in [-0.15, -0.1) is 11.8 Å². The van der Waals surface area contributed by atoms with Crippen molar-refractivity contribution in [1.82, 2.24) is 20.4 Å². The predicted octanol–water partition coefficient (Wildman–Crippen LogP) is 3.59. The molecule has 3 rings (SSSR count). The predicted molar refractivity (Wildman–Crippen MR) is 107 cm³/mol. The normalized spacial score (nSPS) is 15.2. The van der Waals surface area contributed by atoms with Gasteiger partial charge in [-0.2, -0.15) is 18.3 Å². The Bertz CT molecular complexity index is 849. The van der Waals surface area contributed by atoms with Gasteiger partial charge >= 0.3 is 6.18 Å². The van der Waals surface area contributed by atoms with E-state index in [1.165, 1.54) is 6.07 Å². The number of benzene rings is 1. The fraction of sp³-hybridized carbons (Fsp3) is 0.450. The van der Waals surface area contributed by atoms with E-state index in [0.29, 0.717) is 38.0 Å². The molecule has 6 nitrogen and oxygen atoms in total. The van der Waals surface area contributed by atoms with E-state index in [4.69, 9.17) is 0 Å². The van der Waals surface area contributed by atoms with Crippen LogP contribution in [-0.4, -0.2) is 58.5 Å². The molecule has 2 aromatic rings. The summed E-state index contributed by atoms with van der Waals surface area (Å²) in [6.07, 6.45) is -2.57. The summed E-state index contributed by atoms with van der Waals surface area (Å²) >= 11 is 1.65.